The number of hydrogen-bond acceptors (Lipinski definition) is 3. The normalized spacial score (nSPS) is 14.6. The van der Waals surface area contributed by atoms with Crippen LogP contribution in [0.4, 0.5) is 14.5 Å². The lowest BCUT2D eigenvalue weighted by atomic mass is 9.85. The van der Waals surface area contributed by atoms with Crippen molar-refractivity contribution < 1.29 is 13.6 Å². The van der Waals surface area contributed by atoms with Gasteiger partial charge in [0.25, 0.3) is 5.91 Å². The minimum atomic E-state index is -0.906. The molecule has 0 spiro atoms. The van der Waals surface area contributed by atoms with Crippen LogP contribution < -0.4 is 5.32 Å². The van der Waals surface area contributed by atoms with Gasteiger partial charge in [-0.05, 0) is 37.1 Å². The van der Waals surface area contributed by atoms with Crippen molar-refractivity contribution in [2.45, 2.75) is 25.2 Å². The van der Waals surface area contributed by atoms with Crippen molar-refractivity contribution in [3.05, 3.63) is 59.6 Å². The Morgan fingerprint density at radius 2 is 2.08 bits per heavy atom. The fourth-order valence-electron chi connectivity index (χ4n) is 2.72. The molecule has 1 amide bonds. The summed E-state index contributed by atoms with van der Waals surface area (Å²) in [5, 5.41) is 7.06. The third-order valence-corrected chi connectivity index (χ3v) is 4.27. The fraction of sp³-hybridized carbons (Fsp3) is 0.235. The van der Waals surface area contributed by atoms with Crippen LogP contribution in [0.2, 0.25) is 0 Å². The van der Waals surface area contributed by atoms with Crippen LogP contribution in [0.25, 0.3) is 5.65 Å². The van der Waals surface area contributed by atoms with E-state index in [0.717, 1.165) is 30.8 Å². The third kappa shape index (κ3) is 2.51. The third-order valence-electron chi connectivity index (χ3n) is 4.27. The van der Waals surface area contributed by atoms with Crippen LogP contribution in [-0.4, -0.2) is 20.5 Å². The summed E-state index contributed by atoms with van der Waals surface area (Å²) < 4.78 is 28.3. The van der Waals surface area contributed by atoms with Crippen molar-refractivity contribution in [3.8, 4) is 0 Å². The summed E-state index contributed by atoms with van der Waals surface area (Å²) in [6.07, 6.45) is 5.06. The van der Waals surface area contributed by atoms with Gasteiger partial charge in [0.15, 0.2) is 11.5 Å². The molecule has 7 heteroatoms. The maximum atomic E-state index is 13.7. The standard InChI is InChI=1S/C17H14F2N4O/c18-11-6-7-12(13(19)9-11)17(24)20-14-5-2-8-23-16(14)21-15(22-23)10-3-1-4-10/h2,5-10H,1,3-4H2,(H,20,24). The number of anilines is 1. The predicted octanol–water partition coefficient (Wildman–Crippen LogP) is 3.53. The molecule has 1 fully saturated rings. The van der Waals surface area contributed by atoms with Gasteiger partial charge in [-0.3, -0.25) is 4.79 Å². The summed E-state index contributed by atoms with van der Waals surface area (Å²) in [5.74, 6) is -1.17. The largest absolute Gasteiger partial charge is 0.319 e. The average molecular weight is 328 g/mol. The molecule has 24 heavy (non-hydrogen) atoms. The highest BCUT2D eigenvalue weighted by molar-refractivity contribution is 6.06. The number of amides is 1. The van der Waals surface area contributed by atoms with E-state index < -0.39 is 17.5 Å². The van der Waals surface area contributed by atoms with Gasteiger partial charge in [0.1, 0.15) is 11.6 Å². The lowest BCUT2D eigenvalue weighted by Crippen LogP contribution is -2.14. The fourth-order valence-corrected chi connectivity index (χ4v) is 2.72. The van der Waals surface area contributed by atoms with E-state index in [4.69, 9.17) is 0 Å². The molecule has 0 atom stereocenters. The van der Waals surface area contributed by atoms with E-state index in [1.54, 1.807) is 22.8 Å². The van der Waals surface area contributed by atoms with E-state index in [9.17, 15) is 13.6 Å². The molecule has 0 bridgehead atoms. The monoisotopic (exact) mass is 328 g/mol. The second kappa shape index (κ2) is 5.67. The molecule has 0 radical (unpaired) electrons. The van der Waals surface area contributed by atoms with E-state index in [2.05, 4.69) is 15.4 Å². The van der Waals surface area contributed by atoms with Crippen molar-refractivity contribution in [2.24, 2.45) is 0 Å². The Balaban J connectivity index is 1.66. The molecule has 2 heterocycles. The van der Waals surface area contributed by atoms with E-state index in [0.29, 0.717) is 23.3 Å². The number of fused-ring (bicyclic) bond motifs is 1. The van der Waals surface area contributed by atoms with Gasteiger partial charge in [0.2, 0.25) is 0 Å². The Bertz CT molecular complexity index is 933. The molecule has 0 unspecified atom stereocenters. The number of aromatic nitrogens is 3. The maximum absolute atomic E-state index is 13.7. The van der Waals surface area contributed by atoms with Crippen LogP contribution in [0, 0.1) is 11.6 Å². The van der Waals surface area contributed by atoms with E-state index >= 15 is 0 Å². The zero-order chi connectivity index (χ0) is 16.7. The summed E-state index contributed by atoms with van der Waals surface area (Å²) in [6, 6.07) is 6.24. The number of nitrogens with zero attached hydrogens (tertiary/aromatic N) is 3. The number of pyridine rings is 1. The molecule has 0 aliphatic heterocycles. The predicted molar refractivity (Wildman–Crippen MR) is 83.9 cm³/mol. The highest BCUT2D eigenvalue weighted by Crippen LogP contribution is 2.35. The zero-order valence-corrected chi connectivity index (χ0v) is 12.7. The van der Waals surface area contributed by atoms with Crippen molar-refractivity contribution in [2.75, 3.05) is 5.32 Å². The molecule has 2 aromatic heterocycles. The zero-order valence-electron chi connectivity index (χ0n) is 12.7. The Labute approximate surface area is 136 Å². The molecule has 1 saturated carbocycles. The Morgan fingerprint density at radius 1 is 1.25 bits per heavy atom. The molecule has 1 aliphatic carbocycles. The van der Waals surface area contributed by atoms with Crippen LogP contribution >= 0.6 is 0 Å². The molecule has 1 aliphatic rings. The van der Waals surface area contributed by atoms with Gasteiger partial charge in [-0.15, -0.1) is 0 Å². The lowest BCUT2D eigenvalue weighted by molar-refractivity contribution is 0.102. The van der Waals surface area contributed by atoms with Gasteiger partial charge in [-0.2, -0.15) is 5.10 Å². The first kappa shape index (κ1) is 14.7. The van der Waals surface area contributed by atoms with Gasteiger partial charge in [-0.25, -0.2) is 18.3 Å². The van der Waals surface area contributed by atoms with Gasteiger partial charge in [0, 0.05) is 18.2 Å². The molecular formula is C17H14F2N4O. The van der Waals surface area contributed by atoms with Gasteiger partial charge < -0.3 is 5.32 Å². The van der Waals surface area contributed by atoms with Crippen LogP contribution in [0.3, 0.4) is 0 Å². The smallest absolute Gasteiger partial charge is 0.258 e. The Kier molecular flexibility index (Phi) is 3.48. The number of nitrogens with one attached hydrogen (secondary N) is 1. The maximum Gasteiger partial charge on any atom is 0.258 e. The first-order chi connectivity index (χ1) is 11.6. The van der Waals surface area contributed by atoms with Crippen LogP contribution in [0.15, 0.2) is 36.5 Å². The van der Waals surface area contributed by atoms with Crippen LogP contribution in [-0.2, 0) is 0 Å². The molecule has 3 aromatic rings. The molecule has 122 valence electrons. The SMILES string of the molecule is O=C(Nc1cccn2nc(C3CCC3)nc12)c1ccc(F)cc1F. The molecule has 1 aromatic carbocycles. The molecule has 0 saturated heterocycles. The van der Waals surface area contributed by atoms with Gasteiger partial charge in [-0.1, -0.05) is 6.42 Å². The van der Waals surface area contributed by atoms with Crippen molar-refractivity contribution >= 4 is 17.2 Å². The van der Waals surface area contributed by atoms with Crippen molar-refractivity contribution in [1.29, 1.82) is 0 Å². The highest BCUT2D eigenvalue weighted by atomic mass is 19.1. The van der Waals surface area contributed by atoms with E-state index in [1.807, 2.05) is 0 Å². The number of rotatable bonds is 3. The summed E-state index contributed by atoms with van der Waals surface area (Å²) in [5.41, 5.74) is 0.719. The van der Waals surface area contributed by atoms with Crippen molar-refractivity contribution in [1.82, 2.24) is 14.6 Å². The lowest BCUT2D eigenvalue weighted by Gasteiger charge is -2.21. The minimum Gasteiger partial charge on any atom is -0.319 e. The average Bonchev–Trinajstić information content (AvgIpc) is 2.89. The second-order valence-electron chi connectivity index (χ2n) is 5.87. The topological polar surface area (TPSA) is 59.3 Å². The van der Waals surface area contributed by atoms with Crippen LogP contribution in [0.1, 0.15) is 41.4 Å². The summed E-state index contributed by atoms with van der Waals surface area (Å²) in [4.78, 5) is 16.8. The number of hydrogen-bond donors (Lipinski definition) is 1. The van der Waals surface area contributed by atoms with Crippen molar-refractivity contribution in [3.63, 3.8) is 0 Å². The molecule has 1 N–H and O–H groups in total. The second-order valence-corrected chi connectivity index (χ2v) is 5.87. The van der Waals surface area contributed by atoms with Crippen LogP contribution in [0.5, 0.6) is 0 Å². The number of carbonyl (C=O) groups excluding carboxylic acids is 1. The summed E-state index contributed by atoms with van der Waals surface area (Å²) in [7, 11) is 0. The minimum absolute atomic E-state index is 0.225. The number of carbonyl (C=O) groups is 1. The summed E-state index contributed by atoms with van der Waals surface area (Å²) in [6.45, 7) is 0. The van der Waals surface area contributed by atoms with E-state index in [1.165, 1.54) is 6.42 Å². The first-order valence-electron chi connectivity index (χ1n) is 7.73. The van der Waals surface area contributed by atoms with Gasteiger partial charge >= 0.3 is 0 Å². The Morgan fingerprint density at radius 3 is 2.79 bits per heavy atom. The number of halogens is 2. The highest BCUT2D eigenvalue weighted by Gasteiger charge is 2.24. The Hall–Kier alpha value is -2.83. The molecule has 4 rings (SSSR count). The first-order valence-corrected chi connectivity index (χ1v) is 7.73. The quantitative estimate of drug-likeness (QED) is 0.800. The van der Waals surface area contributed by atoms with E-state index in [-0.39, 0.29) is 5.56 Å². The number of benzene rings is 1. The summed E-state index contributed by atoms with van der Waals surface area (Å²) >= 11 is 0. The molecule has 5 nitrogen and oxygen atoms in total. The molecular weight excluding hydrogens is 314 g/mol. The van der Waals surface area contributed by atoms with Gasteiger partial charge in [0.05, 0.1) is 11.3 Å².